The van der Waals surface area contributed by atoms with Gasteiger partial charge in [-0.05, 0) is 28.4 Å². The van der Waals surface area contributed by atoms with Gasteiger partial charge in [-0.2, -0.15) is 8.42 Å². The Kier molecular flexibility index (Phi) is 4.24. The van der Waals surface area contributed by atoms with Gasteiger partial charge in [-0.1, -0.05) is 13.0 Å². The van der Waals surface area contributed by atoms with Crippen molar-refractivity contribution in [1.82, 2.24) is 4.98 Å². The number of halogens is 1. The molecule has 1 rings (SSSR count). The first-order chi connectivity index (χ1) is 6.92. The summed E-state index contributed by atoms with van der Waals surface area (Å²) in [6.07, 6.45) is 2.77. The number of hydrogen-bond donors (Lipinski definition) is 0. The molecule has 84 valence electrons. The van der Waals surface area contributed by atoms with E-state index in [4.69, 9.17) is 4.18 Å². The van der Waals surface area contributed by atoms with E-state index < -0.39 is 16.2 Å². The van der Waals surface area contributed by atoms with Crippen LogP contribution in [0.4, 0.5) is 0 Å². The largest absolute Gasteiger partial charge is 0.264 e. The molecular formula is C9H12BrNO3S. The van der Waals surface area contributed by atoms with Gasteiger partial charge in [-0.15, -0.1) is 0 Å². The third-order valence-corrected chi connectivity index (χ3v) is 2.83. The van der Waals surface area contributed by atoms with Crippen LogP contribution in [0.2, 0.25) is 0 Å². The Hall–Kier alpha value is -0.460. The van der Waals surface area contributed by atoms with Crippen molar-refractivity contribution in [3.8, 4) is 0 Å². The van der Waals surface area contributed by atoms with Crippen LogP contribution in [0.15, 0.2) is 22.9 Å². The summed E-state index contributed by atoms with van der Waals surface area (Å²) >= 11 is 3.21. The number of aromatic nitrogens is 1. The van der Waals surface area contributed by atoms with Gasteiger partial charge in [-0.3, -0.25) is 4.18 Å². The predicted octanol–water partition coefficient (Wildman–Crippen LogP) is 2.27. The fourth-order valence-electron chi connectivity index (χ4n) is 1.15. The highest BCUT2D eigenvalue weighted by Gasteiger charge is 2.15. The Morgan fingerprint density at radius 2 is 2.20 bits per heavy atom. The lowest BCUT2D eigenvalue weighted by molar-refractivity contribution is 0.211. The summed E-state index contributed by atoms with van der Waals surface area (Å²) < 4.78 is 27.6. The van der Waals surface area contributed by atoms with Crippen LogP contribution in [-0.4, -0.2) is 19.7 Å². The summed E-state index contributed by atoms with van der Waals surface area (Å²) in [6.45, 7) is 1.86. The van der Waals surface area contributed by atoms with E-state index in [0.717, 1.165) is 11.8 Å². The highest BCUT2D eigenvalue weighted by atomic mass is 79.9. The minimum absolute atomic E-state index is 0.458. The first kappa shape index (κ1) is 12.6. The standard InChI is InChI=1S/C9H12BrNO3S/c1-3-8(14-15(2,12)13)7-4-5-9(10)11-6-7/h4-6,8H,3H2,1-2H3. The van der Waals surface area contributed by atoms with Crippen LogP contribution in [0, 0.1) is 0 Å². The van der Waals surface area contributed by atoms with Gasteiger partial charge in [-0.25, -0.2) is 4.98 Å². The maximum absolute atomic E-state index is 11.0. The third-order valence-electron chi connectivity index (χ3n) is 1.78. The van der Waals surface area contributed by atoms with Gasteiger partial charge in [0.25, 0.3) is 10.1 Å². The second-order valence-corrected chi connectivity index (χ2v) is 5.52. The van der Waals surface area contributed by atoms with Gasteiger partial charge >= 0.3 is 0 Å². The van der Waals surface area contributed by atoms with Crippen molar-refractivity contribution in [2.24, 2.45) is 0 Å². The Morgan fingerprint density at radius 3 is 2.60 bits per heavy atom. The molecule has 0 bridgehead atoms. The van der Waals surface area contributed by atoms with Gasteiger partial charge in [0.15, 0.2) is 0 Å². The van der Waals surface area contributed by atoms with Crippen molar-refractivity contribution in [3.05, 3.63) is 28.5 Å². The predicted molar refractivity (Wildman–Crippen MR) is 60.9 cm³/mol. The third kappa shape index (κ3) is 4.27. The minimum Gasteiger partial charge on any atom is -0.262 e. The van der Waals surface area contributed by atoms with Crippen LogP contribution in [0.5, 0.6) is 0 Å². The van der Waals surface area contributed by atoms with E-state index in [2.05, 4.69) is 20.9 Å². The molecular weight excluding hydrogens is 282 g/mol. The van der Waals surface area contributed by atoms with Crippen molar-refractivity contribution in [2.45, 2.75) is 19.4 Å². The van der Waals surface area contributed by atoms with E-state index >= 15 is 0 Å². The van der Waals surface area contributed by atoms with Crippen molar-refractivity contribution < 1.29 is 12.6 Å². The molecule has 15 heavy (non-hydrogen) atoms. The summed E-state index contributed by atoms with van der Waals surface area (Å²) in [5.41, 5.74) is 0.756. The Morgan fingerprint density at radius 1 is 1.53 bits per heavy atom. The van der Waals surface area contributed by atoms with Crippen LogP contribution >= 0.6 is 15.9 Å². The number of nitrogens with zero attached hydrogens (tertiary/aromatic N) is 1. The maximum Gasteiger partial charge on any atom is 0.264 e. The van der Waals surface area contributed by atoms with Crippen molar-refractivity contribution >= 4 is 26.0 Å². The zero-order chi connectivity index (χ0) is 11.5. The molecule has 1 heterocycles. The Labute approximate surface area is 97.9 Å². The quantitative estimate of drug-likeness (QED) is 0.631. The second-order valence-electron chi connectivity index (χ2n) is 3.11. The summed E-state index contributed by atoms with van der Waals surface area (Å²) in [4.78, 5) is 4.02. The van der Waals surface area contributed by atoms with E-state index in [0.29, 0.717) is 11.0 Å². The van der Waals surface area contributed by atoms with E-state index in [1.165, 1.54) is 0 Å². The molecule has 0 saturated carbocycles. The molecule has 0 fully saturated rings. The summed E-state index contributed by atoms with van der Waals surface area (Å²) in [7, 11) is -3.43. The highest BCUT2D eigenvalue weighted by Crippen LogP contribution is 2.22. The topological polar surface area (TPSA) is 56.3 Å². The van der Waals surface area contributed by atoms with E-state index in [9.17, 15) is 8.42 Å². The smallest absolute Gasteiger partial charge is 0.262 e. The zero-order valence-electron chi connectivity index (χ0n) is 8.47. The monoisotopic (exact) mass is 293 g/mol. The highest BCUT2D eigenvalue weighted by molar-refractivity contribution is 9.10. The van der Waals surface area contributed by atoms with Gasteiger partial charge in [0.1, 0.15) is 10.7 Å². The van der Waals surface area contributed by atoms with Gasteiger partial charge in [0.05, 0.1) is 6.26 Å². The molecule has 0 N–H and O–H groups in total. The lowest BCUT2D eigenvalue weighted by Crippen LogP contribution is -2.09. The lowest BCUT2D eigenvalue weighted by atomic mass is 10.1. The second kappa shape index (κ2) is 5.05. The van der Waals surface area contributed by atoms with E-state index in [1.807, 2.05) is 6.92 Å². The average Bonchev–Trinajstić information content (AvgIpc) is 2.14. The van der Waals surface area contributed by atoms with Crippen LogP contribution in [0.25, 0.3) is 0 Å². The number of hydrogen-bond acceptors (Lipinski definition) is 4. The molecule has 0 saturated heterocycles. The van der Waals surface area contributed by atoms with Crippen LogP contribution < -0.4 is 0 Å². The Bertz CT molecular complexity index is 415. The van der Waals surface area contributed by atoms with Crippen LogP contribution in [-0.2, 0) is 14.3 Å². The summed E-state index contributed by atoms with van der Waals surface area (Å²) in [5, 5.41) is 0. The molecule has 1 aromatic heterocycles. The van der Waals surface area contributed by atoms with Gasteiger partial charge in [0.2, 0.25) is 0 Å². The molecule has 1 atom stereocenters. The molecule has 1 unspecified atom stereocenters. The molecule has 1 aromatic rings. The van der Waals surface area contributed by atoms with Crippen molar-refractivity contribution in [1.29, 1.82) is 0 Å². The molecule has 0 aliphatic carbocycles. The molecule has 0 aromatic carbocycles. The van der Waals surface area contributed by atoms with E-state index in [-0.39, 0.29) is 0 Å². The van der Waals surface area contributed by atoms with Gasteiger partial charge < -0.3 is 0 Å². The Balaban J connectivity index is 2.88. The van der Waals surface area contributed by atoms with Gasteiger partial charge in [0, 0.05) is 11.8 Å². The molecule has 0 radical (unpaired) electrons. The first-order valence-corrected chi connectivity index (χ1v) is 7.03. The zero-order valence-corrected chi connectivity index (χ0v) is 10.9. The average molecular weight is 294 g/mol. The van der Waals surface area contributed by atoms with E-state index in [1.54, 1.807) is 18.3 Å². The summed E-state index contributed by atoms with van der Waals surface area (Å²) in [5.74, 6) is 0. The fourth-order valence-corrected chi connectivity index (χ4v) is 2.05. The number of pyridine rings is 1. The SMILES string of the molecule is CCC(OS(C)(=O)=O)c1ccc(Br)nc1. The fraction of sp³-hybridized carbons (Fsp3) is 0.444. The van der Waals surface area contributed by atoms with Crippen LogP contribution in [0.3, 0.4) is 0 Å². The molecule has 0 aliphatic rings. The first-order valence-electron chi connectivity index (χ1n) is 4.42. The molecule has 6 heteroatoms. The van der Waals surface area contributed by atoms with Crippen LogP contribution in [0.1, 0.15) is 25.0 Å². The van der Waals surface area contributed by atoms with Crippen molar-refractivity contribution in [2.75, 3.05) is 6.26 Å². The number of rotatable bonds is 4. The molecule has 0 aliphatic heterocycles. The normalized spacial score (nSPS) is 13.8. The molecule has 0 amide bonds. The summed E-state index contributed by atoms with van der Waals surface area (Å²) in [6, 6.07) is 3.54. The molecule has 0 spiro atoms. The minimum atomic E-state index is -3.43. The lowest BCUT2D eigenvalue weighted by Gasteiger charge is -2.13. The molecule has 4 nitrogen and oxygen atoms in total. The van der Waals surface area contributed by atoms with Crippen molar-refractivity contribution in [3.63, 3.8) is 0 Å². The maximum atomic E-state index is 11.0.